The fourth-order valence-electron chi connectivity index (χ4n) is 3.35. The second-order valence-corrected chi connectivity index (χ2v) is 7.33. The summed E-state index contributed by atoms with van der Waals surface area (Å²) in [5.41, 5.74) is 0.980. The normalized spacial score (nSPS) is 27.4. The number of benzene rings is 1. The van der Waals surface area contributed by atoms with Crippen molar-refractivity contribution in [3.8, 4) is 0 Å². The molecule has 2 aliphatic rings. The van der Waals surface area contributed by atoms with Crippen molar-refractivity contribution in [3.05, 3.63) is 29.8 Å². The van der Waals surface area contributed by atoms with E-state index in [1.807, 2.05) is 12.1 Å². The molecule has 6 nitrogen and oxygen atoms in total. The Hall–Kier alpha value is -1.15. The topological polar surface area (TPSA) is 89.9 Å². The number of piperidine rings is 1. The minimum absolute atomic E-state index is 0.0211. The highest BCUT2D eigenvalue weighted by Gasteiger charge is 2.48. The van der Waals surface area contributed by atoms with Gasteiger partial charge in [0.25, 0.3) is 10.1 Å². The van der Waals surface area contributed by atoms with E-state index in [1.165, 1.54) is 0 Å². The third-order valence-electron chi connectivity index (χ3n) is 4.50. The predicted molar refractivity (Wildman–Crippen MR) is 79.7 cm³/mol. The number of nitrogens with zero attached hydrogens (tertiary/aromatic N) is 1. The van der Waals surface area contributed by atoms with Gasteiger partial charge >= 0.3 is 0 Å². The Morgan fingerprint density at radius 1 is 1.24 bits per heavy atom. The fourth-order valence-corrected chi connectivity index (χ4v) is 4.15. The van der Waals surface area contributed by atoms with Gasteiger partial charge in [-0.25, -0.2) is 0 Å². The zero-order valence-electron chi connectivity index (χ0n) is 11.7. The van der Waals surface area contributed by atoms with Crippen LogP contribution in [0, 0.1) is 0 Å². The number of hydrogen-bond acceptors (Lipinski definition) is 5. The molecule has 1 unspecified atom stereocenters. The van der Waals surface area contributed by atoms with Crippen LogP contribution in [0.5, 0.6) is 0 Å². The average molecular weight is 312 g/mol. The van der Waals surface area contributed by atoms with Crippen LogP contribution in [0.3, 0.4) is 0 Å². The average Bonchev–Trinajstić information content (AvgIpc) is 2.48. The van der Waals surface area contributed by atoms with Crippen molar-refractivity contribution in [2.45, 2.75) is 30.2 Å². The maximum Gasteiger partial charge on any atom is 0.299 e. The molecule has 7 heteroatoms. The van der Waals surface area contributed by atoms with E-state index in [0.717, 1.165) is 25.9 Å². The summed E-state index contributed by atoms with van der Waals surface area (Å²) in [6.07, 6.45) is 1.95. The first-order valence-corrected chi connectivity index (χ1v) is 8.64. The van der Waals surface area contributed by atoms with E-state index < -0.39 is 15.1 Å². The van der Waals surface area contributed by atoms with Gasteiger partial charge in [-0.3, -0.25) is 4.55 Å². The van der Waals surface area contributed by atoms with Crippen LogP contribution in [0.15, 0.2) is 24.3 Å². The molecule has 0 aliphatic carbocycles. The standard InChI is InChI=1S/C14H20N2O4S/c17-14(21(18,19)20)7-10-16(11-5-8-15-9-6-11)13-4-2-1-3-12(13)14/h1-4,11,15,17H,5-10H2,(H,18,19,20). The summed E-state index contributed by atoms with van der Waals surface area (Å²) >= 11 is 0. The first-order valence-electron chi connectivity index (χ1n) is 7.20. The number of rotatable bonds is 2. The molecule has 1 aromatic rings. The Kier molecular flexibility index (Phi) is 3.69. The third-order valence-corrected chi connectivity index (χ3v) is 5.78. The number of hydrogen-bond donors (Lipinski definition) is 3. The number of aliphatic hydroxyl groups is 1. The lowest BCUT2D eigenvalue weighted by atomic mass is 9.94. The summed E-state index contributed by atoms with van der Waals surface area (Å²) in [5, 5.41) is 13.8. The smallest absolute Gasteiger partial charge is 0.299 e. The van der Waals surface area contributed by atoms with E-state index in [-0.39, 0.29) is 12.0 Å². The van der Waals surface area contributed by atoms with Crippen molar-refractivity contribution in [1.82, 2.24) is 5.32 Å². The van der Waals surface area contributed by atoms with Gasteiger partial charge in [-0.05, 0) is 32.0 Å². The van der Waals surface area contributed by atoms with Gasteiger partial charge in [-0.2, -0.15) is 8.42 Å². The molecule has 1 fully saturated rings. The first-order chi connectivity index (χ1) is 9.93. The van der Waals surface area contributed by atoms with Crippen molar-refractivity contribution >= 4 is 15.8 Å². The quantitative estimate of drug-likeness (QED) is 0.696. The molecule has 0 saturated carbocycles. The molecule has 1 saturated heterocycles. The Bertz CT molecular complexity index is 628. The van der Waals surface area contributed by atoms with Gasteiger partial charge in [0.2, 0.25) is 4.93 Å². The second-order valence-electron chi connectivity index (χ2n) is 5.70. The molecule has 21 heavy (non-hydrogen) atoms. The molecule has 0 amide bonds. The Morgan fingerprint density at radius 2 is 1.90 bits per heavy atom. The van der Waals surface area contributed by atoms with E-state index in [0.29, 0.717) is 18.3 Å². The molecule has 1 atom stereocenters. The number of nitrogens with one attached hydrogen (secondary N) is 1. The van der Waals surface area contributed by atoms with Crippen LogP contribution in [-0.2, 0) is 15.1 Å². The summed E-state index contributed by atoms with van der Waals surface area (Å²) in [6, 6.07) is 7.23. The molecule has 116 valence electrons. The van der Waals surface area contributed by atoms with Crippen molar-refractivity contribution in [2.24, 2.45) is 0 Å². The Morgan fingerprint density at radius 3 is 2.57 bits per heavy atom. The minimum atomic E-state index is -4.58. The molecule has 0 aromatic heterocycles. The molecule has 3 rings (SSSR count). The molecule has 2 aliphatic heterocycles. The summed E-state index contributed by atoms with van der Waals surface area (Å²) in [7, 11) is -4.58. The SMILES string of the molecule is O=S(=O)(O)C1(O)CCN(C2CCNCC2)c2ccccc21. The summed E-state index contributed by atoms with van der Waals surface area (Å²) in [5.74, 6) is 0. The van der Waals surface area contributed by atoms with Crippen LogP contribution in [0.1, 0.15) is 24.8 Å². The van der Waals surface area contributed by atoms with Gasteiger partial charge in [-0.15, -0.1) is 0 Å². The van der Waals surface area contributed by atoms with Crippen LogP contribution in [0.4, 0.5) is 5.69 Å². The highest BCUT2D eigenvalue weighted by Crippen LogP contribution is 2.42. The highest BCUT2D eigenvalue weighted by molar-refractivity contribution is 7.86. The zero-order chi connectivity index (χ0) is 15.1. The lowest BCUT2D eigenvalue weighted by molar-refractivity contribution is 0.0984. The number of fused-ring (bicyclic) bond motifs is 1. The molecule has 3 N–H and O–H groups in total. The van der Waals surface area contributed by atoms with E-state index >= 15 is 0 Å². The van der Waals surface area contributed by atoms with E-state index in [9.17, 15) is 18.1 Å². The summed E-state index contributed by atoms with van der Waals surface area (Å²) in [4.78, 5) is -0.0389. The van der Waals surface area contributed by atoms with Crippen LogP contribution >= 0.6 is 0 Å². The molecular weight excluding hydrogens is 292 g/mol. The lowest BCUT2D eigenvalue weighted by Gasteiger charge is -2.44. The maximum atomic E-state index is 11.6. The van der Waals surface area contributed by atoms with Gasteiger partial charge in [-0.1, -0.05) is 18.2 Å². The molecule has 1 aromatic carbocycles. The van der Waals surface area contributed by atoms with Crippen molar-refractivity contribution in [3.63, 3.8) is 0 Å². The molecule has 0 spiro atoms. The molecular formula is C14H20N2O4S. The van der Waals surface area contributed by atoms with Crippen molar-refractivity contribution in [2.75, 3.05) is 24.5 Å². The third kappa shape index (κ3) is 2.44. The van der Waals surface area contributed by atoms with Gasteiger partial charge in [0, 0.05) is 30.3 Å². The van der Waals surface area contributed by atoms with Gasteiger partial charge in [0.05, 0.1) is 0 Å². The van der Waals surface area contributed by atoms with Gasteiger partial charge in [0.1, 0.15) is 0 Å². The van der Waals surface area contributed by atoms with Crippen LogP contribution in [-0.4, -0.2) is 43.8 Å². The number of para-hydroxylation sites is 1. The minimum Gasteiger partial charge on any atom is -0.369 e. The van der Waals surface area contributed by atoms with Gasteiger partial charge in [0.15, 0.2) is 0 Å². The fraction of sp³-hybridized carbons (Fsp3) is 0.571. The molecule has 2 heterocycles. The van der Waals surface area contributed by atoms with E-state index in [1.54, 1.807) is 12.1 Å². The predicted octanol–water partition coefficient (Wildman–Crippen LogP) is 0.682. The van der Waals surface area contributed by atoms with E-state index in [4.69, 9.17) is 0 Å². The lowest BCUT2D eigenvalue weighted by Crippen LogP contribution is -2.50. The second kappa shape index (κ2) is 5.24. The van der Waals surface area contributed by atoms with Gasteiger partial charge < -0.3 is 15.3 Å². The highest BCUT2D eigenvalue weighted by atomic mass is 32.2. The van der Waals surface area contributed by atoms with Crippen LogP contribution in [0.2, 0.25) is 0 Å². The van der Waals surface area contributed by atoms with E-state index in [2.05, 4.69) is 10.2 Å². The van der Waals surface area contributed by atoms with Crippen molar-refractivity contribution < 1.29 is 18.1 Å². The molecule has 0 radical (unpaired) electrons. The Labute approximate surface area is 124 Å². The largest absolute Gasteiger partial charge is 0.369 e. The monoisotopic (exact) mass is 312 g/mol. The summed E-state index contributed by atoms with van der Waals surface area (Å²) < 4.78 is 32.7. The first kappa shape index (κ1) is 14.8. The maximum absolute atomic E-state index is 11.6. The van der Waals surface area contributed by atoms with Crippen LogP contribution in [0.25, 0.3) is 0 Å². The molecule has 0 bridgehead atoms. The van der Waals surface area contributed by atoms with Crippen molar-refractivity contribution in [1.29, 1.82) is 0 Å². The zero-order valence-corrected chi connectivity index (χ0v) is 12.5. The summed E-state index contributed by atoms with van der Waals surface area (Å²) in [6.45, 7) is 2.29. The number of anilines is 1. The van der Waals surface area contributed by atoms with Crippen LogP contribution < -0.4 is 10.2 Å². The Balaban J connectivity index is 2.03.